The van der Waals surface area contributed by atoms with E-state index in [-0.39, 0.29) is 17.7 Å². The summed E-state index contributed by atoms with van der Waals surface area (Å²) in [7, 11) is 1.55. The SMILES string of the molecule is COc1ccc(C2=NN(C(=O)c3cccs3)[C@@H](c3cccs3)C2)c(O)c1. The van der Waals surface area contributed by atoms with Crippen LogP contribution in [0.3, 0.4) is 0 Å². The molecule has 26 heavy (non-hydrogen) atoms. The van der Waals surface area contributed by atoms with E-state index in [0.29, 0.717) is 28.3 Å². The molecule has 0 spiro atoms. The second-order valence-electron chi connectivity index (χ2n) is 5.79. The van der Waals surface area contributed by atoms with Gasteiger partial charge in [-0.15, -0.1) is 22.7 Å². The molecular weight excluding hydrogens is 368 g/mol. The smallest absolute Gasteiger partial charge is 0.284 e. The quantitative estimate of drug-likeness (QED) is 0.720. The molecule has 132 valence electrons. The van der Waals surface area contributed by atoms with Crippen molar-refractivity contribution < 1.29 is 14.6 Å². The summed E-state index contributed by atoms with van der Waals surface area (Å²) in [4.78, 5) is 14.6. The number of hydrazone groups is 1. The van der Waals surface area contributed by atoms with E-state index in [1.807, 2.05) is 29.0 Å². The number of thiophene rings is 2. The van der Waals surface area contributed by atoms with Gasteiger partial charge < -0.3 is 9.84 Å². The molecule has 0 fully saturated rings. The minimum absolute atomic E-state index is 0.0958. The maximum absolute atomic E-state index is 12.9. The Morgan fingerprint density at radius 1 is 1.23 bits per heavy atom. The molecule has 0 unspecified atom stereocenters. The summed E-state index contributed by atoms with van der Waals surface area (Å²) < 4.78 is 5.14. The number of nitrogens with zero attached hydrogens (tertiary/aromatic N) is 2. The topological polar surface area (TPSA) is 62.1 Å². The summed E-state index contributed by atoms with van der Waals surface area (Å²) in [5.41, 5.74) is 1.31. The Bertz CT molecular complexity index is 949. The summed E-state index contributed by atoms with van der Waals surface area (Å²) in [6.45, 7) is 0. The minimum Gasteiger partial charge on any atom is -0.507 e. The molecule has 5 nitrogen and oxygen atoms in total. The molecule has 0 saturated heterocycles. The van der Waals surface area contributed by atoms with Crippen LogP contribution in [-0.2, 0) is 0 Å². The van der Waals surface area contributed by atoms with Crippen molar-refractivity contribution in [3.05, 3.63) is 68.5 Å². The summed E-state index contributed by atoms with van der Waals surface area (Å²) in [6.07, 6.45) is 0.553. The number of carbonyl (C=O) groups excluding carboxylic acids is 1. The Balaban J connectivity index is 1.72. The highest BCUT2D eigenvalue weighted by molar-refractivity contribution is 7.12. The molecule has 2 aromatic heterocycles. The van der Waals surface area contributed by atoms with Gasteiger partial charge in [0.2, 0.25) is 0 Å². The van der Waals surface area contributed by atoms with Crippen LogP contribution in [0.15, 0.2) is 58.3 Å². The number of hydrogen-bond donors (Lipinski definition) is 1. The molecule has 1 amide bonds. The van der Waals surface area contributed by atoms with Gasteiger partial charge in [-0.2, -0.15) is 5.10 Å². The van der Waals surface area contributed by atoms with Crippen LogP contribution in [-0.4, -0.2) is 28.8 Å². The van der Waals surface area contributed by atoms with Gasteiger partial charge in [-0.1, -0.05) is 12.1 Å². The van der Waals surface area contributed by atoms with Crippen LogP contribution < -0.4 is 4.74 Å². The average molecular weight is 384 g/mol. The van der Waals surface area contributed by atoms with Crippen LogP contribution in [0.1, 0.15) is 32.6 Å². The van der Waals surface area contributed by atoms with Gasteiger partial charge in [0.25, 0.3) is 5.91 Å². The number of aromatic hydroxyl groups is 1. The van der Waals surface area contributed by atoms with Crippen LogP contribution in [0.5, 0.6) is 11.5 Å². The number of rotatable bonds is 4. The predicted molar refractivity (Wildman–Crippen MR) is 103 cm³/mol. The van der Waals surface area contributed by atoms with Crippen molar-refractivity contribution in [2.45, 2.75) is 12.5 Å². The van der Waals surface area contributed by atoms with Crippen molar-refractivity contribution in [1.29, 1.82) is 0 Å². The van der Waals surface area contributed by atoms with Gasteiger partial charge >= 0.3 is 0 Å². The highest BCUT2D eigenvalue weighted by atomic mass is 32.1. The second-order valence-corrected chi connectivity index (χ2v) is 7.72. The van der Waals surface area contributed by atoms with Gasteiger partial charge in [0.1, 0.15) is 11.5 Å². The molecule has 0 aliphatic carbocycles. The molecule has 1 aliphatic rings. The normalized spacial score (nSPS) is 16.6. The van der Waals surface area contributed by atoms with Gasteiger partial charge in [-0.05, 0) is 35.0 Å². The maximum Gasteiger partial charge on any atom is 0.284 e. The summed E-state index contributed by atoms with van der Waals surface area (Å²) in [6, 6.07) is 12.6. The van der Waals surface area contributed by atoms with Crippen molar-refractivity contribution in [2.75, 3.05) is 7.11 Å². The van der Waals surface area contributed by atoms with E-state index in [0.717, 1.165) is 4.88 Å². The number of methoxy groups -OCH3 is 1. The van der Waals surface area contributed by atoms with Crippen molar-refractivity contribution in [1.82, 2.24) is 5.01 Å². The molecule has 1 N–H and O–H groups in total. The molecule has 0 saturated carbocycles. The highest BCUT2D eigenvalue weighted by Gasteiger charge is 2.35. The monoisotopic (exact) mass is 384 g/mol. The zero-order valence-electron chi connectivity index (χ0n) is 14.0. The lowest BCUT2D eigenvalue weighted by molar-refractivity contribution is 0.0719. The number of benzene rings is 1. The maximum atomic E-state index is 12.9. The predicted octanol–water partition coefficient (Wildman–Crippen LogP) is 4.52. The Labute approximate surface area is 158 Å². The minimum atomic E-state index is -0.166. The summed E-state index contributed by atoms with van der Waals surface area (Å²) in [5, 5.41) is 20.3. The fraction of sp³-hybridized carbons (Fsp3) is 0.158. The largest absolute Gasteiger partial charge is 0.507 e. The Kier molecular flexibility index (Phi) is 4.48. The zero-order chi connectivity index (χ0) is 18.1. The highest BCUT2D eigenvalue weighted by Crippen LogP contribution is 2.38. The van der Waals surface area contributed by atoms with E-state index in [2.05, 4.69) is 5.10 Å². The number of hydrogen-bond acceptors (Lipinski definition) is 6. The van der Waals surface area contributed by atoms with Gasteiger partial charge in [-0.25, -0.2) is 5.01 Å². The lowest BCUT2D eigenvalue weighted by atomic mass is 10.0. The second kappa shape index (κ2) is 6.93. The van der Waals surface area contributed by atoms with Crippen molar-refractivity contribution in [3.8, 4) is 11.5 Å². The first-order valence-electron chi connectivity index (χ1n) is 8.02. The molecule has 3 heterocycles. The fourth-order valence-electron chi connectivity index (χ4n) is 2.96. The third kappa shape index (κ3) is 3.00. The van der Waals surface area contributed by atoms with Crippen LogP contribution >= 0.6 is 22.7 Å². The van der Waals surface area contributed by atoms with E-state index < -0.39 is 0 Å². The van der Waals surface area contributed by atoms with Crippen molar-refractivity contribution >= 4 is 34.3 Å². The average Bonchev–Trinajstić information content (AvgIpc) is 3.41. The van der Waals surface area contributed by atoms with Gasteiger partial charge in [0.05, 0.1) is 23.7 Å². The summed E-state index contributed by atoms with van der Waals surface area (Å²) in [5.74, 6) is 0.547. The zero-order valence-corrected chi connectivity index (χ0v) is 15.6. The number of phenolic OH excluding ortho intramolecular Hbond substituents is 1. The van der Waals surface area contributed by atoms with Gasteiger partial charge in [0, 0.05) is 22.9 Å². The van der Waals surface area contributed by atoms with E-state index in [1.165, 1.54) is 16.3 Å². The molecule has 0 bridgehead atoms. The van der Waals surface area contributed by atoms with E-state index >= 15 is 0 Å². The number of carbonyl (C=O) groups is 1. The van der Waals surface area contributed by atoms with Crippen LogP contribution in [0.4, 0.5) is 0 Å². The number of amides is 1. The number of phenols is 1. The van der Waals surface area contributed by atoms with Crippen LogP contribution in [0, 0.1) is 0 Å². The lowest BCUT2D eigenvalue weighted by Crippen LogP contribution is -2.25. The van der Waals surface area contributed by atoms with Crippen LogP contribution in [0.25, 0.3) is 0 Å². The Morgan fingerprint density at radius 2 is 2.04 bits per heavy atom. The van der Waals surface area contributed by atoms with Crippen molar-refractivity contribution in [2.24, 2.45) is 5.10 Å². The lowest BCUT2D eigenvalue weighted by Gasteiger charge is -2.19. The third-order valence-electron chi connectivity index (χ3n) is 4.24. The molecule has 1 aliphatic heterocycles. The molecular formula is C19H16N2O3S2. The fourth-order valence-corrected chi connectivity index (χ4v) is 4.43. The van der Waals surface area contributed by atoms with Gasteiger partial charge in [-0.3, -0.25) is 4.79 Å². The first-order valence-corrected chi connectivity index (χ1v) is 9.78. The molecule has 1 aromatic carbocycles. The Morgan fingerprint density at radius 3 is 2.69 bits per heavy atom. The Hall–Kier alpha value is -2.64. The molecule has 4 rings (SSSR count). The first-order chi connectivity index (χ1) is 12.7. The molecule has 0 radical (unpaired) electrons. The van der Waals surface area contributed by atoms with Gasteiger partial charge in [0.15, 0.2) is 0 Å². The summed E-state index contributed by atoms with van der Waals surface area (Å²) >= 11 is 3.00. The van der Waals surface area contributed by atoms with E-state index in [9.17, 15) is 9.90 Å². The first kappa shape index (κ1) is 16.8. The van der Waals surface area contributed by atoms with Crippen molar-refractivity contribution in [3.63, 3.8) is 0 Å². The molecule has 3 aromatic rings. The van der Waals surface area contributed by atoms with E-state index in [4.69, 9.17) is 4.74 Å². The van der Waals surface area contributed by atoms with Crippen LogP contribution in [0.2, 0.25) is 0 Å². The third-order valence-corrected chi connectivity index (χ3v) is 6.07. The van der Waals surface area contributed by atoms with E-state index in [1.54, 1.807) is 42.7 Å². The standard InChI is InChI=1S/C19H16N2O3S2/c1-24-12-6-7-13(16(22)10-12)14-11-15(17-4-2-8-25-17)21(20-14)19(23)18-5-3-9-26-18/h2-10,15,22H,11H2,1H3/t15-/m1/s1. The molecule has 7 heteroatoms. The number of ether oxygens (including phenoxy) is 1. The molecule has 1 atom stereocenters.